The van der Waals surface area contributed by atoms with Crippen molar-refractivity contribution < 1.29 is 27.4 Å². The zero-order chi connectivity index (χ0) is 28.6. The Balaban J connectivity index is 1.99. The number of aromatic nitrogens is 1. The van der Waals surface area contributed by atoms with Gasteiger partial charge in [-0.25, -0.2) is 9.79 Å². The number of benzene rings is 2. The highest BCUT2D eigenvalue weighted by atomic mass is 127. The number of alkyl halides is 3. The van der Waals surface area contributed by atoms with Crippen molar-refractivity contribution in [2.24, 2.45) is 4.99 Å². The van der Waals surface area contributed by atoms with E-state index < -0.39 is 35.0 Å². The van der Waals surface area contributed by atoms with Crippen LogP contribution in [0.3, 0.4) is 0 Å². The highest BCUT2D eigenvalue weighted by Crippen LogP contribution is 2.38. The number of carbonyl (C=O) groups is 1. The number of allylic oxidation sites excluding steroid dienone is 1. The summed E-state index contributed by atoms with van der Waals surface area (Å²) in [6, 6.07) is 8.01. The van der Waals surface area contributed by atoms with Gasteiger partial charge in [0.15, 0.2) is 10.5 Å². The minimum absolute atomic E-state index is 0.0614. The summed E-state index contributed by atoms with van der Waals surface area (Å²) in [6.45, 7) is 5.12. The normalized spacial score (nSPS) is 15.8. The molecule has 0 radical (unpaired) electrons. The van der Waals surface area contributed by atoms with Crippen LogP contribution in [0.4, 0.5) is 13.2 Å². The van der Waals surface area contributed by atoms with Crippen molar-refractivity contribution >= 4 is 73.5 Å². The Morgan fingerprint density at radius 3 is 2.51 bits per heavy atom. The Hall–Kier alpha value is -2.16. The molecule has 0 aliphatic carbocycles. The van der Waals surface area contributed by atoms with Gasteiger partial charge in [0.1, 0.15) is 5.75 Å². The zero-order valence-electron chi connectivity index (χ0n) is 20.6. The standard InChI is InChI=1S/C26H20BrClF3IN2O4S/c1-4-37-24(36)19-20(14-5-7-15(28)8-6-14)34-23(35)18(39-25(34)33-22(19)26(29,30)31)11-13-9-16(27)21(17(32)10-13)38-12(2)3/h5-12,20H,4H2,1-3H3/b18-11-/t20-/m0/s1. The number of esters is 1. The van der Waals surface area contributed by atoms with Crippen LogP contribution in [0.25, 0.3) is 6.08 Å². The Morgan fingerprint density at radius 1 is 1.28 bits per heavy atom. The maximum Gasteiger partial charge on any atom is 0.434 e. The van der Waals surface area contributed by atoms with Crippen molar-refractivity contribution in [3.63, 3.8) is 0 Å². The molecule has 3 aromatic rings. The molecule has 0 unspecified atom stereocenters. The molecule has 1 aliphatic rings. The lowest BCUT2D eigenvalue weighted by Gasteiger charge is -2.26. The molecule has 1 aromatic heterocycles. The van der Waals surface area contributed by atoms with Gasteiger partial charge in [0.25, 0.3) is 5.56 Å². The number of nitrogens with zero attached hydrogens (tertiary/aromatic N) is 2. The number of carbonyl (C=O) groups excluding carboxylic acids is 1. The van der Waals surface area contributed by atoms with Gasteiger partial charge >= 0.3 is 12.1 Å². The van der Waals surface area contributed by atoms with Gasteiger partial charge in [-0.2, -0.15) is 13.2 Å². The first-order chi connectivity index (χ1) is 18.3. The van der Waals surface area contributed by atoms with Gasteiger partial charge in [0.05, 0.1) is 36.9 Å². The molecule has 0 saturated carbocycles. The molecule has 0 fully saturated rings. The van der Waals surface area contributed by atoms with Crippen LogP contribution in [0, 0.1) is 3.57 Å². The predicted octanol–water partition coefficient (Wildman–Crippen LogP) is 6.15. The molecule has 6 nitrogen and oxygen atoms in total. The molecule has 0 spiro atoms. The van der Waals surface area contributed by atoms with Gasteiger partial charge < -0.3 is 9.47 Å². The third-order valence-corrected chi connectivity index (χ3v) is 8.08. The number of hydrogen-bond acceptors (Lipinski definition) is 6. The fourth-order valence-corrected chi connectivity index (χ4v) is 6.81. The van der Waals surface area contributed by atoms with E-state index in [1.807, 2.05) is 13.8 Å². The number of halogens is 6. The Kier molecular flexibility index (Phi) is 8.98. The molecule has 1 atom stereocenters. The van der Waals surface area contributed by atoms with Crippen LogP contribution in [0.15, 0.2) is 61.9 Å². The fourth-order valence-electron chi connectivity index (χ4n) is 3.96. The third kappa shape index (κ3) is 6.28. The molecule has 1 aliphatic heterocycles. The maximum atomic E-state index is 14.2. The molecule has 0 N–H and O–H groups in total. The minimum atomic E-state index is -4.98. The SMILES string of the molecule is CCOC(=O)C1=C(C(F)(F)F)N=c2s/c(=C\c3cc(Br)c(OC(C)C)c(I)c3)c(=O)n2[C@H]1c1ccc(Cl)cc1. The molecule has 2 aromatic carbocycles. The quantitative estimate of drug-likeness (QED) is 0.224. The molecule has 0 bridgehead atoms. The third-order valence-electron chi connectivity index (χ3n) is 5.45. The highest BCUT2D eigenvalue weighted by molar-refractivity contribution is 14.1. The van der Waals surface area contributed by atoms with Crippen LogP contribution in [-0.2, 0) is 9.53 Å². The molecule has 206 valence electrons. The maximum absolute atomic E-state index is 14.2. The Morgan fingerprint density at radius 2 is 1.95 bits per heavy atom. The monoisotopic (exact) mass is 754 g/mol. The first kappa shape index (κ1) is 29.8. The molecule has 4 rings (SSSR count). The number of fused-ring (bicyclic) bond motifs is 1. The average Bonchev–Trinajstić information content (AvgIpc) is 3.15. The molecule has 0 saturated heterocycles. The van der Waals surface area contributed by atoms with E-state index in [0.29, 0.717) is 20.8 Å². The molecule has 2 heterocycles. The second kappa shape index (κ2) is 11.8. The van der Waals surface area contributed by atoms with E-state index in [0.717, 1.165) is 19.5 Å². The van der Waals surface area contributed by atoms with Crippen molar-refractivity contribution in [1.29, 1.82) is 0 Å². The molecular formula is C26H20BrClF3IN2O4S. The van der Waals surface area contributed by atoms with Gasteiger partial charge in [-0.1, -0.05) is 35.1 Å². The van der Waals surface area contributed by atoms with Crippen LogP contribution in [0.2, 0.25) is 5.02 Å². The van der Waals surface area contributed by atoms with Crippen molar-refractivity contribution in [2.75, 3.05) is 6.61 Å². The van der Waals surface area contributed by atoms with Crippen molar-refractivity contribution in [2.45, 2.75) is 39.1 Å². The van der Waals surface area contributed by atoms with Gasteiger partial charge in [0.2, 0.25) is 0 Å². The van der Waals surface area contributed by atoms with Crippen LogP contribution in [0.5, 0.6) is 5.75 Å². The summed E-state index contributed by atoms with van der Waals surface area (Å²) < 4.78 is 56.1. The van der Waals surface area contributed by atoms with Crippen LogP contribution >= 0.6 is 61.5 Å². The van der Waals surface area contributed by atoms with E-state index >= 15 is 0 Å². The highest BCUT2D eigenvalue weighted by Gasteiger charge is 2.45. The number of rotatable bonds is 6. The lowest BCUT2D eigenvalue weighted by Crippen LogP contribution is -2.41. The average molecular weight is 756 g/mol. The van der Waals surface area contributed by atoms with E-state index in [2.05, 4.69) is 43.5 Å². The summed E-state index contributed by atoms with van der Waals surface area (Å²) in [5, 5.41) is 0.342. The number of hydrogen-bond donors (Lipinski definition) is 0. The summed E-state index contributed by atoms with van der Waals surface area (Å²) in [7, 11) is 0. The number of thiazole rings is 1. The lowest BCUT2D eigenvalue weighted by molar-refractivity contribution is -0.140. The summed E-state index contributed by atoms with van der Waals surface area (Å²) in [5.41, 5.74) is -1.90. The smallest absolute Gasteiger partial charge is 0.434 e. The van der Waals surface area contributed by atoms with Gasteiger partial charge in [-0.3, -0.25) is 9.36 Å². The topological polar surface area (TPSA) is 69.9 Å². The van der Waals surface area contributed by atoms with E-state index in [1.165, 1.54) is 31.2 Å². The second-order valence-corrected chi connectivity index (χ2v) is 12.1. The van der Waals surface area contributed by atoms with Crippen LogP contribution in [0.1, 0.15) is 37.9 Å². The van der Waals surface area contributed by atoms with Gasteiger partial charge in [-0.05, 0) is 101 Å². The van der Waals surface area contributed by atoms with E-state index in [4.69, 9.17) is 21.1 Å². The van der Waals surface area contributed by atoms with E-state index in [1.54, 1.807) is 18.2 Å². The van der Waals surface area contributed by atoms with Gasteiger partial charge in [0, 0.05) is 5.02 Å². The van der Waals surface area contributed by atoms with Crippen molar-refractivity contribution in [3.05, 3.63) is 91.5 Å². The first-order valence-corrected chi connectivity index (χ1v) is 14.6. The van der Waals surface area contributed by atoms with E-state index in [9.17, 15) is 22.8 Å². The lowest BCUT2D eigenvalue weighted by atomic mass is 9.95. The van der Waals surface area contributed by atoms with Crippen LogP contribution in [-0.4, -0.2) is 29.4 Å². The Bertz CT molecular complexity index is 1630. The summed E-state index contributed by atoms with van der Waals surface area (Å²) in [4.78, 5) is 30.2. The Labute approximate surface area is 252 Å². The van der Waals surface area contributed by atoms with Crippen molar-refractivity contribution in [1.82, 2.24) is 4.57 Å². The van der Waals surface area contributed by atoms with Gasteiger partial charge in [-0.15, -0.1) is 0 Å². The summed E-state index contributed by atoms with van der Waals surface area (Å²) in [5.74, 6) is -0.567. The number of ether oxygens (including phenoxy) is 2. The summed E-state index contributed by atoms with van der Waals surface area (Å²) >= 11 is 12.4. The van der Waals surface area contributed by atoms with Crippen molar-refractivity contribution in [3.8, 4) is 5.75 Å². The molecular weight excluding hydrogens is 736 g/mol. The van der Waals surface area contributed by atoms with E-state index in [-0.39, 0.29) is 27.6 Å². The largest absolute Gasteiger partial charge is 0.489 e. The summed E-state index contributed by atoms with van der Waals surface area (Å²) in [6.07, 6.45) is -3.47. The second-order valence-electron chi connectivity index (χ2n) is 8.60. The van der Waals surface area contributed by atoms with Crippen LogP contribution < -0.4 is 19.6 Å². The molecule has 39 heavy (non-hydrogen) atoms. The molecule has 13 heteroatoms. The predicted molar refractivity (Wildman–Crippen MR) is 155 cm³/mol. The zero-order valence-corrected chi connectivity index (χ0v) is 25.9. The first-order valence-electron chi connectivity index (χ1n) is 11.5. The minimum Gasteiger partial charge on any atom is -0.489 e. The molecule has 0 amide bonds. The fraction of sp³-hybridized carbons (Fsp3) is 0.269.